The minimum absolute atomic E-state index is 0.0263. The Bertz CT molecular complexity index is 426. The molecule has 0 radical (unpaired) electrons. The fraction of sp³-hybridized carbons (Fsp3) is 0.429. The molecule has 0 aliphatic rings. The lowest BCUT2D eigenvalue weighted by Gasteiger charge is -2.21. The maximum atomic E-state index is 12.3. The van der Waals surface area contributed by atoms with E-state index in [0.29, 0.717) is 19.5 Å². The molecule has 0 unspecified atom stereocenters. The highest BCUT2D eigenvalue weighted by Gasteiger charge is 2.17. The van der Waals surface area contributed by atoms with E-state index >= 15 is 0 Å². The number of rotatable bonds is 4. The van der Waals surface area contributed by atoms with Crippen molar-refractivity contribution in [1.29, 1.82) is 5.26 Å². The second-order valence-electron chi connectivity index (χ2n) is 4.06. The van der Waals surface area contributed by atoms with E-state index in [2.05, 4.69) is 6.07 Å². The summed E-state index contributed by atoms with van der Waals surface area (Å²) in [6.07, 6.45) is 0.379. The second-order valence-corrected chi connectivity index (χ2v) is 4.06. The molecular formula is C14H18N2O. The molecule has 0 aliphatic heterocycles. The van der Waals surface area contributed by atoms with Crippen LogP contribution in [-0.2, 0) is 0 Å². The summed E-state index contributed by atoms with van der Waals surface area (Å²) in [4.78, 5) is 14.1. The Morgan fingerprint density at radius 2 is 1.94 bits per heavy atom. The largest absolute Gasteiger partial charge is 0.338 e. The van der Waals surface area contributed by atoms with Gasteiger partial charge in [-0.3, -0.25) is 4.79 Å². The number of nitrogens with zero attached hydrogens (tertiary/aromatic N) is 2. The van der Waals surface area contributed by atoms with E-state index in [-0.39, 0.29) is 5.91 Å². The first-order valence-corrected chi connectivity index (χ1v) is 5.84. The number of amides is 1. The lowest BCUT2D eigenvalue weighted by atomic mass is 10.0. The van der Waals surface area contributed by atoms with Gasteiger partial charge in [-0.05, 0) is 31.9 Å². The Kier molecular flexibility index (Phi) is 4.71. The first-order chi connectivity index (χ1) is 8.11. The van der Waals surface area contributed by atoms with Crippen LogP contribution in [0, 0.1) is 25.2 Å². The van der Waals surface area contributed by atoms with E-state index in [0.717, 1.165) is 16.7 Å². The van der Waals surface area contributed by atoms with Crippen molar-refractivity contribution >= 4 is 5.91 Å². The van der Waals surface area contributed by atoms with E-state index in [1.807, 2.05) is 39.0 Å². The molecule has 0 fully saturated rings. The molecular weight excluding hydrogens is 212 g/mol. The van der Waals surface area contributed by atoms with Crippen molar-refractivity contribution in [2.75, 3.05) is 13.1 Å². The Balaban J connectivity index is 2.98. The van der Waals surface area contributed by atoms with Gasteiger partial charge in [0.1, 0.15) is 0 Å². The number of aryl methyl sites for hydroxylation is 2. The summed E-state index contributed by atoms with van der Waals surface area (Å²) in [5.41, 5.74) is 2.75. The maximum Gasteiger partial charge on any atom is 0.254 e. The average molecular weight is 230 g/mol. The van der Waals surface area contributed by atoms with Crippen LogP contribution in [0.25, 0.3) is 0 Å². The Morgan fingerprint density at radius 1 is 1.35 bits per heavy atom. The summed E-state index contributed by atoms with van der Waals surface area (Å²) in [6, 6.07) is 7.91. The Morgan fingerprint density at radius 3 is 2.41 bits per heavy atom. The van der Waals surface area contributed by atoms with Crippen molar-refractivity contribution in [1.82, 2.24) is 4.90 Å². The van der Waals surface area contributed by atoms with Gasteiger partial charge in [0.2, 0.25) is 0 Å². The highest BCUT2D eigenvalue weighted by molar-refractivity contribution is 5.97. The van der Waals surface area contributed by atoms with Crippen LogP contribution in [0.2, 0.25) is 0 Å². The van der Waals surface area contributed by atoms with Crippen LogP contribution in [0.5, 0.6) is 0 Å². The van der Waals surface area contributed by atoms with Gasteiger partial charge in [-0.2, -0.15) is 5.26 Å². The molecule has 3 nitrogen and oxygen atoms in total. The number of nitriles is 1. The van der Waals surface area contributed by atoms with Crippen LogP contribution >= 0.6 is 0 Å². The van der Waals surface area contributed by atoms with Gasteiger partial charge in [0.15, 0.2) is 0 Å². The van der Waals surface area contributed by atoms with Crippen LogP contribution in [0.15, 0.2) is 18.2 Å². The van der Waals surface area contributed by atoms with E-state index in [1.54, 1.807) is 4.90 Å². The van der Waals surface area contributed by atoms with Crippen LogP contribution < -0.4 is 0 Å². The van der Waals surface area contributed by atoms with Crippen molar-refractivity contribution in [2.24, 2.45) is 0 Å². The quantitative estimate of drug-likeness (QED) is 0.798. The van der Waals surface area contributed by atoms with Crippen molar-refractivity contribution in [2.45, 2.75) is 27.2 Å². The van der Waals surface area contributed by atoms with Gasteiger partial charge in [-0.15, -0.1) is 0 Å². The first-order valence-electron chi connectivity index (χ1n) is 5.84. The Hall–Kier alpha value is -1.82. The van der Waals surface area contributed by atoms with Gasteiger partial charge in [0, 0.05) is 18.7 Å². The van der Waals surface area contributed by atoms with E-state index < -0.39 is 0 Å². The first kappa shape index (κ1) is 13.2. The predicted octanol–water partition coefficient (Wildman–Crippen LogP) is 2.68. The zero-order chi connectivity index (χ0) is 12.8. The number of carbonyl (C=O) groups is 1. The standard InChI is InChI=1S/C14H18N2O/c1-4-16(10-6-9-15)14(17)13-11(2)7-5-8-12(13)3/h5,7-8H,4,6,10H2,1-3H3. The van der Waals surface area contributed by atoms with Gasteiger partial charge in [-0.1, -0.05) is 18.2 Å². The van der Waals surface area contributed by atoms with E-state index in [4.69, 9.17) is 5.26 Å². The molecule has 0 heterocycles. The molecule has 0 spiro atoms. The maximum absolute atomic E-state index is 12.3. The predicted molar refractivity (Wildman–Crippen MR) is 67.7 cm³/mol. The molecule has 1 aromatic rings. The van der Waals surface area contributed by atoms with Crippen LogP contribution in [0.1, 0.15) is 34.8 Å². The van der Waals surface area contributed by atoms with Crippen molar-refractivity contribution in [3.05, 3.63) is 34.9 Å². The molecule has 17 heavy (non-hydrogen) atoms. The molecule has 1 rings (SSSR count). The molecule has 0 aliphatic carbocycles. The smallest absolute Gasteiger partial charge is 0.254 e. The lowest BCUT2D eigenvalue weighted by molar-refractivity contribution is 0.0766. The molecule has 0 saturated carbocycles. The van der Waals surface area contributed by atoms with E-state index in [9.17, 15) is 4.79 Å². The van der Waals surface area contributed by atoms with Crippen LogP contribution in [0.4, 0.5) is 0 Å². The molecule has 0 saturated heterocycles. The van der Waals surface area contributed by atoms with Gasteiger partial charge < -0.3 is 4.90 Å². The number of benzene rings is 1. The van der Waals surface area contributed by atoms with Crippen molar-refractivity contribution in [3.8, 4) is 6.07 Å². The fourth-order valence-corrected chi connectivity index (χ4v) is 1.90. The summed E-state index contributed by atoms with van der Waals surface area (Å²) in [6.45, 7) is 6.95. The molecule has 0 aromatic heterocycles. The summed E-state index contributed by atoms with van der Waals surface area (Å²) < 4.78 is 0. The summed E-state index contributed by atoms with van der Waals surface area (Å²) in [5, 5.41) is 8.58. The number of hydrogen-bond acceptors (Lipinski definition) is 2. The minimum atomic E-state index is 0.0263. The zero-order valence-corrected chi connectivity index (χ0v) is 10.7. The summed E-state index contributed by atoms with van der Waals surface area (Å²) in [7, 11) is 0. The fourth-order valence-electron chi connectivity index (χ4n) is 1.90. The molecule has 1 aromatic carbocycles. The number of hydrogen-bond donors (Lipinski definition) is 0. The monoisotopic (exact) mass is 230 g/mol. The molecule has 0 atom stereocenters. The van der Waals surface area contributed by atoms with Gasteiger partial charge in [0.05, 0.1) is 12.5 Å². The molecule has 90 valence electrons. The third-order valence-electron chi connectivity index (χ3n) is 2.86. The van der Waals surface area contributed by atoms with Gasteiger partial charge >= 0.3 is 0 Å². The van der Waals surface area contributed by atoms with Gasteiger partial charge in [0.25, 0.3) is 5.91 Å². The Labute approximate surface area is 103 Å². The van der Waals surface area contributed by atoms with E-state index in [1.165, 1.54) is 0 Å². The third kappa shape index (κ3) is 3.07. The molecule has 0 N–H and O–H groups in total. The highest BCUT2D eigenvalue weighted by Crippen LogP contribution is 2.16. The topological polar surface area (TPSA) is 44.1 Å². The van der Waals surface area contributed by atoms with Crippen LogP contribution in [-0.4, -0.2) is 23.9 Å². The number of carbonyl (C=O) groups excluding carboxylic acids is 1. The van der Waals surface area contributed by atoms with Crippen molar-refractivity contribution < 1.29 is 4.79 Å². The second kappa shape index (κ2) is 6.05. The SMILES string of the molecule is CCN(CCC#N)C(=O)c1c(C)cccc1C. The molecule has 1 amide bonds. The summed E-state index contributed by atoms with van der Waals surface area (Å²) >= 11 is 0. The summed E-state index contributed by atoms with van der Waals surface area (Å²) in [5.74, 6) is 0.0263. The lowest BCUT2D eigenvalue weighted by Crippen LogP contribution is -2.32. The molecule has 0 bridgehead atoms. The van der Waals surface area contributed by atoms with Crippen molar-refractivity contribution in [3.63, 3.8) is 0 Å². The zero-order valence-electron chi connectivity index (χ0n) is 10.7. The van der Waals surface area contributed by atoms with Crippen LogP contribution in [0.3, 0.4) is 0 Å². The highest BCUT2D eigenvalue weighted by atomic mass is 16.2. The molecule has 3 heteroatoms. The van der Waals surface area contributed by atoms with Gasteiger partial charge in [-0.25, -0.2) is 0 Å². The third-order valence-corrected chi connectivity index (χ3v) is 2.86. The normalized spacial score (nSPS) is 9.76. The average Bonchev–Trinajstić information content (AvgIpc) is 2.30. The minimum Gasteiger partial charge on any atom is -0.338 e.